The molecule has 0 amide bonds. The zero-order valence-corrected chi connectivity index (χ0v) is 7.47. The van der Waals surface area contributed by atoms with Gasteiger partial charge in [0.25, 0.3) is 1.43 Å². The number of hydrogen-bond acceptors (Lipinski definition) is 2. The third-order valence-electron chi connectivity index (χ3n) is 1.48. The normalized spacial score (nSPS) is 70.1. The fourth-order valence-electron chi connectivity index (χ4n) is 0.848. The van der Waals surface area contributed by atoms with E-state index in [2.05, 4.69) is 5.11 Å². The maximum absolute atomic E-state index is 12.2. The van der Waals surface area contributed by atoms with Crippen molar-refractivity contribution in [2.24, 2.45) is 23.6 Å². The maximum atomic E-state index is 12.2. The first kappa shape index (κ1) is 2.12. The minimum atomic E-state index is -4.30. The summed E-state index contributed by atoms with van der Waals surface area (Å²) < 4.78 is 156. The summed E-state index contributed by atoms with van der Waals surface area (Å²) >= 11 is 0. The molecule has 86 valence electrons. The van der Waals surface area contributed by atoms with Gasteiger partial charge >= 0.3 is 5.97 Å². The van der Waals surface area contributed by atoms with Crippen LogP contribution in [0, 0.1) is 23.6 Å². The molecule has 1 aliphatic carbocycles. The molecule has 1 aliphatic rings. The summed E-state index contributed by atoms with van der Waals surface area (Å²) in [6, 6.07) is 0. The fraction of sp³-hybridized carbons (Fsp3) is 0.769. The summed E-state index contributed by atoms with van der Waals surface area (Å²) in [6.45, 7) is -12.1. The standard InChI is InChI=1S/C13H22O2/c1-9(2)8-11-4-6-12(7-5-11)10(3)13(14)15/h4,6,9-12H,5,7-8H2,1-3H3,(H,14,15)/i1D3,2D3,3D3,5D2,7D2,8D2,9D,10D,11D,12D/hD. The van der Waals surface area contributed by atoms with Crippen LogP contribution in [-0.2, 0) is 4.79 Å². The molecule has 3 atom stereocenters. The van der Waals surface area contributed by atoms with Gasteiger partial charge < -0.3 is 5.11 Å². The minimum Gasteiger partial charge on any atom is -0.481 e. The number of aliphatic carboxylic acids is 1. The van der Waals surface area contributed by atoms with Crippen molar-refractivity contribution in [3.8, 4) is 0 Å². The van der Waals surface area contributed by atoms with Gasteiger partial charge in [0.15, 0.2) is 0 Å². The van der Waals surface area contributed by atoms with Gasteiger partial charge in [0, 0.05) is 26.0 Å². The van der Waals surface area contributed by atoms with Gasteiger partial charge in [-0.15, -0.1) is 0 Å². The molecule has 0 heterocycles. The molecule has 0 fully saturated rings. The Morgan fingerprint density at radius 1 is 1.80 bits per heavy atom. The molecule has 1 rings (SSSR count). The Bertz CT molecular complexity index is 867. The van der Waals surface area contributed by atoms with E-state index in [0.29, 0.717) is 0 Å². The highest BCUT2D eigenvalue weighted by Gasteiger charge is 2.25. The zero-order valence-electron chi connectivity index (χ0n) is 27.5. The third kappa shape index (κ3) is 3.69. The molecule has 0 radical (unpaired) electrons. The van der Waals surface area contributed by atoms with Gasteiger partial charge in [-0.05, 0) is 36.8 Å². The van der Waals surface area contributed by atoms with Crippen LogP contribution in [0.15, 0.2) is 12.2 Å². The highest BCUT2D eigenvalue weighted by Crippen LogP contribution is 2.30. The van der Waals surface area contributed by atoms with E-state index >= 15 is 0 Å². The lowest BCUT2D eigenvalue weighted by Gasteiger charge is -2.26. The molecule has 3 unspecified atom stereocenters. The van der Waals surface area contributed by atoms with Gasteiger partial charge in [-0.2, -0.15) is 0 Å². The molecule has 2 nitrogen and oxygen atoms in total. The van der Waals surface area contributed by atoms with E-state index in [1.165, 1.54) is 0 Å². The van der Waals surface area contributed by atoms with E-state index in [1.807, 2.05) is 0 Å². The summed E-state index contributed by atoms with van der Waals surface area (Å²) in [6.07, 6.45) is -12.9. The van der Waals surface area contributed by atoms with Gasteiger partial charge in [-0.1, -0.05) is 32.7 Å². The van der Waals surface area contributed by atoms with Crippen molar-refractivity contribution in [1.82, 2.24) is 0 Å². The second kappa shape index (κ2) is 5.34. The Labute approximate surface area is 121 Å². The second-order valence-electron chi connectivity index (χ2n) is 2.57. The molecule has 0 aromatic rings. The van der Waals surface area contributed by atoms with E-state index in [4.69, 9.17) is 27.5 Å². The van der Waals surface area contributed by atoms with E-state index in [0.717, 1.165) is 0 Å². The molecular formula is C13H22O2. The first-order valence-electron chi connectivity index (χ1n) is 13.7. The van der Waals surface area contributed by atoms with E-state index in [9.17, 15) is 4.79 Å². The third-order valence-corrected chi connectivity index (χ3v) is 1.48. The fourth-order valence-corrected chi connectivity index (χ4v) is 0.848. The summed E-state index contributed by atoms with van der Waals surface area (Å²) in [5.74, 6) is -18.5. The van der Waals surface area contributed by atoms with Gasteiger partial charge in [0.05, 0.1) is 5.89 Å². The average molecular weight is 230 g/mol. The number of allylic oxidation sites excluding steroid dienone is 2. The first-order valence-corrected chi connectivity index (χ1v) is 3.82. The zero-order chi connectivity index (χ0) is 28.7. The number of rotatable bonds is 4. The van der Waals surface area contributed by atoms with Crippen LogP contribution < -0.4 is 0 Å². The number of carboxylic acids is 1. The Hall–Kier alpha value is -0.790. The number of hydrogen-bond donors (Lipinski definition) is 1. The topological polar surface area (TPSA) is 37.3 Å². The van der Waals surface area contributed by atoms with Crippen molar-refractivity contribution >= 4 is 5.97 Å². The van der Waals surface area contributed by atoms with Crippen LogP contribution in [0.4, 0.5) is 0 Å². The van der Waals surface area contributed by atoms with Crippen LogP contribution in [0.5, 0.6) is 0 Å². The lowest BCUT2D eigenvalue weighted by molar-refractivity contribution is -0.142. The smallest absolute Gasteiger partial charge is 0.306 e. The van der Waals surface area contributed by atoms with Crippen molar-refractivity contribution in [3.05, 3.63) is 12.2 Å². The Kier molecular flexibility index (Phi) is 0.754. The predicted octanol–water partition coefficient (Wildman–Crippen LogP) is 3.34. The summed E-state index contributed by atoms with van der Waals surface area (Å²) in [5.41, 5.74) is 0. The molecule has 0 bridgehead atoms. The van der Waals surface area contributed by atoms with Gasteiger partial charge in [-0.25, -0.2) is 0 Å². The van der Waals surface area contributed by atoms with Crippen molar-refractivity contribution in [2.75, 3.05) is 0 Å². The second-order valence-corrected chi connectivity index (χ2v) is 2.57. The van der Waals surface area contributed by atoms with E-state index in [1.54, 1.807) is 0 Å². The summed E-state index contributed by atoms with van der Waals surface area (Å²) in [4.78, 5) is 12.2. The first-order chi connectivity index (χ1) is 14.9. The molecular weight excluding hydrogens is 188 g/mol. The van der Waals surface area contributed by atoms with Crippen LogP contribution >= 0.6 is 0 Å². The molecule has 0 aromatic carbocycles. The molecule has 0 saturated carbocycles. The summed E-state index contributed by atoms with van der Waals surface area (Å²) in [7, 11) is 0. The van der Waals surface area contributed by atoms with Crippen molar-refractivity contribution in [2.45, 2.75) is 39.7 Å². The highest BCUT2D eigenvalue weighted by atomic mass is 16.4. The number of carbonyl (C=O) groups is 1. The number of carboxylic acid groups (broad SMARTS) is 1. The molecule has 2 heteroatoms. The summed E-state index contributed by atoms with van der Waals surface area (Å²) in [5, 5.41) is 3.51. The molecule has 0 saturated heterocycles. The SMILES string of the molecule is [2H]OC(=O)C([2H])(C([2H])([2H])[2H])C1([2H])C=CC([2H])(C([2H])([2H])C([2H])(C([2H])([2H])[2H])C([2H])([2H])[2H])C([2H])([2H])C1([2H])[2H]. The predicted molar refractivity (Wildman–Crippen MR) is 61.6 cm³/mol. The Morgan fingerprint density at radius 2 is 2.67 bits per heavy atom. The highest BCUT2D eigenvalue weighted by molar-refractivity contribution is 5.70. The van der Waals surface area contributed by atoms with Gasteiger partial charge in [0.2, 0.25) is 0 Å². The molecule has 0 spiro atoms. The minimum absolute atomic E-state index is 0.0467. The van der Waals surface area contributed by atoms with Gasteiger partial charge in [0.1, 0.15) is 0 Å². The maximum Gasteiger partial charge on any atom is 0.306 e. The van der Waals surface area contributed by atoms with Crippen molar-refractivity contribution in [3.63, 3.8) is 0 Å². The van der Waals surface area contributed by atoms with Crippen LogP contribution in [0.1, 0.15) is 65.7 Å². The van der Waals surface area contributed by atoms with Crippen molar-refractivity contribution in [1.29, 1.82) is 1.43 Å². The van der Waals surface area contributed by atoms with Gasteiger partial charge in [-0.3, -0.25) is 4.79 Å². The van der Waals surface area contributed by atoms with Crippen molar-refractivity contribution < 1.29 is 35.9 Å². The quantitative estimate of drug-likeness (QED) is 0.752. The van der Waals surface area contributed by atoms with E-state index in [-0.39, 0.29) is 12.2 Å². The van der Waals surface area contributed by atoms with Crippen LogP contribution in [0.2, 0.25) is 0 Å². The molecule has 1 N–H and O–H groups in total. The largest absolute Gasteiger partial charge is 0.481 e. The van der Waals surface area contributed by atoms with Crippen LogP contribution in [-0.4, -0.2) is 11.1 Å². The average Bonchev–Trinajstić information content (AvgIpc) is 2.65. The Morgan fingerprint density at radius 3 is 3.33 bits per heavy atom. The Balaban J connectivity index is 4.21. The molecule has 15 heavy (non-hydrogen) atoms. The molecule has 0 aromatic heterocycles. The lowest BCUT2D eigenvalue weighted by Crippen LogP contribution is -2.22. The lowest BCUT2D eigenvalue weighted by atomic mass is 9.79. The monoisotopic (exact) mass is 230 g/mol. The molecule has 0 aliphatic heterocycles. The van der Waals surface area contributed by atoms with Crippen LogP contribution in [0.3, 0.4) is 0 Å². The van der Waals surface area contributed by atoms with Crippen LogP contribution in [0.25, 0.3) is 1.43 Å². The van der Waals surface area contributed by atoms with E-state index < -0.39 is 69.2 Å².